The molecule has 23 heavy (non-hydrogen) atoms. The van der Waals surface area contributed by atoms with Gasteiger partial charge in [-0.25, -0.2) is 9.97 Å². The molecule has 0 radical (unpaired) electrons. The van der Waals surface area contributed by atoms with Gasteiger partial charge in [-0.05, 0) is 45.9 Å². The molecule has 0 fully saturated rings. The van der Waals surface area contributed by atoms with Crippen molar-refractivity contribution in [2.24, 2.45) is 0 Å². The van der Waals surface area contributed by atoms with Crippen molar-refractivity contribution in [2.45, 2.75) is 33.2 Å². The second kappa shape index (κ2) is 6.72. The Hall–Kier alpha value is -1.85. The molecule has 0 aliphatic heterocycles. The molecule has 1 aromatic carbocycles. The molecule has 5 nitrogen and oxygen atoms in total. The van der Waals surface area contributed by atoms with Gasteiger partial charge in [-0.1, -0.05) is 29.3 Å². The lowest BCUT2D eigenvalue weighted by Crippen LogP contribution is -2.41. The smallest absolute Gasteiger partial charge is 0.270 e. The average molecular weight is 353 g/mol. The number of aryl methyl sites for hydroxylation is 1. The van der Waals surface area contributed by atoms with Gasteiger partial charge in [0.05, 0.1) is 15.7 Å². The SMILES string of the molecule is Cc1cc(C(=O)NC(C)(C)C)nc(Nc2cccc(Cl)c2Cl)n1. The van der Waals surface area contributed by atoms with Crippen molar-refractivity contribution in [1.82, 2.24) is 15.3 Å². The fraction of sp³-hybridized carbons (Fsp3) is 0.312. The van der Waals surface area contributed by atoms with E-state index >= 15 is 0 Å². The Morgan fingerprint density at radius 3 is 2.52 bits per heavy atom. The fourth-order valence-electron chi connectivity index (χ4n) is 1.87. The van der Waals surface area contributed by atoms with Gasteiger partial charge in [0.15, 0.2) is 0 Å². The summed E-state index contributed by atoms with van der Waals surface area (Å²) in [6.45, 7) is 7.51. The van der Waals surface area contributed by atoms with E-state index < -0.39 is 0 Å². The first-order valence-corrected chi connectivity index (χ1v) is 7.80. The topological polar surface area (TPSA) is 66.9 Å². The molecular formula is C16H18Cl2N4O. The molecule has 0 aliphatic rings. The number of nitrogens with one attached hydrogen (secondary N) is 2. The Morgan fingerprint density at radius 2 is 1.87 bits per heavy atom. The van der Waals surface area contributed by atoms with E-state index in [1.165, 1.54) is 0 Å². The Kier molecular flexibility index (Phi) is 5.12. The van der Waals surface area contributed by atoms with Gasteiger partial charge in [0.2, 0.25) is 5.95 Å². The van der Waals surface area contributed by atoms with E-state index in [1.807, 2.05) is 20.8 Å². The van der Waals surface area contributed by atoms with E-state index in [2.05, 4.69) is 20.6 Å². The summed E-state index contributed by atoms with van der Waals surface area (Å²) in [4.78, 5) is 20.8. The zero-order valence-electron chi connectivity index (χ0n) is 13.4. The van der Waals surface area contributed by atoms with Crippen LogP contribution in [-0.2, 0) is 0 Å². The second-order valence-electron chi connectivity index (χ2n) is 6.15. The number of anilines is 2. The predicted molar refractivity (Wildman–Crippen MR) is 93.7 cm³/mol. The Labute approximate surface area is 145 Å². The maximum absolute atomic E-state index is 12.3. The quantitative estimate of drug-likeness (QED) is 0.860. The number of nitrogens with zero attached hydrogens (tertiary/aromatic N) is 2. The van der Waals surface area contributed by atoms with Crippen LogP contribution in [0.25, 0.3) is 0 Å². The van der Waals surface area contributed by atoms with E-state index in [0.29, 0.717) is 21.4 Å². The molecule has 0 spiro atoms. The molecule has 0 atom stereocenters. The third-order valence-corrected chi connectivity index (χ3v) is 3.59. The van der Waals surface area contributed by atoms with Crippen LogP contribution in [0.15, 0.2) is 24.3 Å². The summed E-state index contributed by atoms with van der Waals surface area (Å²) in [5, 5.41) is 6.66. The van der Waals surface area contributed by atoms with Crippen LogP contribution in [0.5, 0.6) is 0 Å². The molecule has 2 N–H and O–H groups in total. The highest BCUT2D eigenvalue weighted by Gasteiger charge is 2.18. The van der Waals surface area contributed by atoms with E-state index in [0.717, 1.165) is 0 Å². The lowest BCUT2D eigenvalue weighted by atomic mass is 10.1. The maximum atomic E-state index is 12.3. The van der Waals surface area contributed by atoms with Crippen molar-refractivity contribution >= 4 is 40.7 Å². The maximum Gasteiger partial charge on any atom is 0.270 e. The summed E-state index contributed by atoms with van der Waals surface area (Å²) in [6, 6.07) is 6.84. The van der Waals surface area contributed by atoms with Gasteiger partial charge in [0.1, 0.15) is 5.69 Å². The molecule has 0 saturated heterocycles. The second-order valence-corrected chi connectivity index (χ2v) is 6.93. The average Bonchev–Trinajstić information content (AvgIpc) is 2.41. The summed E-state index contributed by atoms with van der Waals surface area (Å²) in [7, 11) is 0. The lowest BCUT2D eigenvalue weighted by molar-refractivity contribution is 0.0914. The minimum Gasteiger partial charge on any atom is -0.346 e. The van der Waals surface area contributed by atoms with Crippen LogP contribution in [0.4, 0.5) is 11.6 Å². The van der Waals surface area contributed by atoms with Crippen molar-refractivity contribution in [2.75, 3.05) is 5.32 Å². The van der Waals surface area contributed by atoms with Gasteiger partial charge in [-0.2, -0.15) is 0 Å². The molecule has 1 aromatic heterocycles. The third kappa shape index (κ3) is 4.81. The molecule has 7 heteroatoms. The summed E-state index contributed by atoms with van der Waals surface area (Å²) in [5.74, 6) is 0.0245. The minimum atomic E-state index is -0.347. The number of carbonyl (C=O) groups excluding carboxylic acids is 1. The first-order chi connectivity index (χ1) is 10.7. The third-order valence-electron chi connectivity index (χ3n) is 2.77. The van der Waals surface area contributed by atoms with Crippen LogP contribution in [0.2, 0.25) is 10.0 Å². The minimum absolute atomic E-state index is 0.261. The Balaban J connectivity index is 2.30. The number of hydrogen-bond acceptors (Lipinski definition) is 4. The largest absolute Gasteiger partial charge is 0.346 e. The van der Waals surface area contributed by atoms with Crippen molar-refractivity contribution in [3.63, 3.8) is 0 Å². The molecule has 0 aliphatic carbocycles. The monoisotopic (exact) mass is 352 g/mol. The van der Waals surface area contributed by atoms with Crippen molar-refractivity contribution in [3.8, 4) is 0 Å². The number of rotatable bonds is 3. The number of benzene rings is 1. The zero-order chi connectivity index (χ0) is 17.2. The van der Waals surface area contributed by atoms with Gasteiger partial charge < -0.3 is 10.6 Å². The highest BCUT2D eigenvalue weighted by atomic mass is 35.5. The van der Waals surface area contributed by atoms with Gasteiger partial charge in [-0.3, -0.25) is 4.79 Å². The Bertz CT molecular complexity index is 741. The predicted octanol–water partition coefficient (Wildman–Crippen LogP) is 4.36. The number of aromatic nitrogens is 2. The highest BCUT2D eigenvalue weighted by Crippen LogP contribution is 2.31. The fourth-order valence-corrected chi connectivity index (χ4v) is 2.21. The molecular weight excluding hydrogens is 335 g/mol. The first-order valence-electron chi connectivity index (χ1n) is 7.05. The summed E-state index contributed by atoms with van der Waals surface area (Å²) in [5.41, 5.74) is 1.18. The van der Waals surface area contributed by atoms with Crippen LogP contribution in [0, 0.1) is 6.92 Å². The van der Waals surface area contributed by atoms with Gasteiger partial charge >= 0.3 is 0 Å². The van der Waals surface area contributed by atoms with Gasteiger partial charge in [0.25, 0.3) is 5.91 Å². The molecule has 2 aromatic rings. The zero-order valence-corrected chi connectivity index (χ0v) is 14.9. The molecule has 122 valence electrons. The van der Waals surface area contributed by atoms with Crippen molar-refractivity contribution < 1.29 is 4.79 Å². The van der Waals surface area contributed by atoms with Crippen molar-refractivity contribution in [1.29, 1.82) is 0 Å². The standard InChI is InChI=1S/C16H18Cl2N4O/c1-9-8-12(14(23)22-16(2,3)4)21-15(19-9)20-11-7-5-6-10(17)13(11)18/h5-8H,1-4H3,(H,22,23)(H,19,20,21). The van der Waals surface area contributed by atoms with E-state index in [9.17, 15) is 4.79 Å². The lowest BCUT2D eigenvalue weighted by Gasteiger charge is -2.20. The summed E-state index contributed by atoms with van der Waals surface area (Å²) >= 11 is 12.1. The summed E-state index contributed by atoms with van der Waals surface area (Å²) < 4.78 is 0. The molecule has 0 unspecified atom stereocenters. The molecule has 1 amide bonds. The van der Waals surface area contributed by atoms with E-state index in [4.69, 9.17) is 23.2 Å². The molecule has 2 rings (SSSR count). The molecule has 0 saturated carbocycles. The number of halogens is 2. The number of hydrogen-bond donors (Lipinski definition) is 2. The number of amides is 1. The van der Waals surface area contributed by atoms with Gasteiger partial charge in [-0.15, -0.1) is 0 Å². The normalized spacial score (nSPS) is 11.2. The van der Waals surface area contributed by atoms with Gasteiger partial charge in [0, 0.05) is 11.2 Å². The van der Waals surface area contributed by atoms with E-state index in [-0.39, 0.29) is 23.1 Å². The number of carbonyl (C=O) groups is 1. The molecule has 0 bridgehead atoms. The Morgan fingerprint density at radius 1 is 1.17 bits per heavy atom. The van der Waals surface area contributed by atoms with Crippen LogP contribution in [0.3, 0.4) is 0 Å². The first kappa shape index (κ1) is 17.5. The van der Waals surface area contributed by atoms with Crippen LogP contribution in [0.1, 0.15) is 37.0 Å². The molecule has 1 heterocycles. The highest BCUT2D eigenvalue weighted by molar-refractivity contribution is 6.43. The van der Waals surface area contributed by atoms with Crippen LogP contribution >= 0.6 is 23.2 Å². The van der Waals surface area contributed by atoms with Crippen LogP contribution < -0.4 is 10.6 Å². The van der Waals surface area contributed by atoms with E-state index in [1.54, 1.807) is 31.2 Å². The summed E-state index contributed by atoms with van der Waals surface area (Å²) in [6.07, 6.45) is 0. The van der Waals surface area contributed by atoms with Crippen LogP contribution in [-0.4, -0.2) is 21.4 Å². The van der Waals surface area contributed by atoms with Crippen molar-refractivity contribution in [3.05, 3.63) is 45.7 Å².